The fraction of sp³-hybridized carbons (Fsp3) is 0.333. The van der Waals surface area contributed by atoms with Gasteiger partial charge in [-0.2, -0.15) is 17.2 Å². The molecule has 0 radical (unpaired) electrons. The van der Waals surface area contributed by atoms with Crippen LogP contribution in [-0.4, -0.2) is 18.1 Å². The van der Waals surface area contributed by atoms with Gasteiger partial charge in [0.2, 0.25) is 17.4 Å². The Hall–Kier alpha value is -2.33. The highest BCUT2D eigenvalue weighted by Gasteiger charge is 2.33. The third kappa shape index (κ3) is 4.74. The van der Waals surface area contributed by atoms with E-state index in [0.29, 0.717) is 6.07 Å². The van der Waals surface area contributed by atoms with Crippen molar-refractivity contribution in [2.24, 2.45) is 0 Å². The van der Waals surface area contributed by atoms with Gasteiger partial charge >= 0.3 is 0 Å². The lowest BCUT2D eigenvalue weighted by atomic mass is 9.86. The lowest BCUT2D eigenvalue weighted by molar-refractivity contribution is 0.346. The van der Waals surface area contributed by atoms with Crippen molar-refractivity contribution < 1.29 is 40.4 Å². The lowest BCUT2D eigenvalue weighted by Gasteiger charge is -2.22. The molecular formula is C18H20F4O5S. The molecule has 0 saturated heterocycles. The molecule has 0 aliphatic rings. The molecule has 0 atom stereocenters. The van der Waals surface area contributed by atoms with Crippen molar-refractivity contribution in [3.63, 3.8) is 0 Å². The zero-order valence-corrected chi connectivity index (χ0v) is 16.6. The monoisotopic (exact) mass is 424 g/mol. The van der Waals surface area contributed by atoms with Crippen LogP contribution in [0.4, 0.5) is 17.6 Å². The number of rotatable bonds is 3. The van der Waals surface area contributed by atoms with Crippen molar-refractivity contribution in [3.05, 3.63) is 47.0 Å². The Labute approximate surface area is 160 Å². The van der Waals surface area contributed by atoms with Gasteiger partial charge in [0.15, 0.2) is 11.6 Å². The minimum absolute atomic E-state index is 0.539. The highest BCUT2D eigenvalue weighted by Crippen LogP contribution is 2.39. The van der Waals surface area contributed by atoms with Crippen molar-refractivity contribution >= 4 is 10.1 Å². The highest BCUT2D eigenvalue weighted by atomic mass is 32.2. The number of phenolic OH excluding ortho intramolecular Hbond substituents is 1. The molecule has 0 heterocycles. The first-order chi connectivity index (χ1) is 12.7. The molecule has 5 nitrogen and oxygen atoms in total. The van der Waals surface area contributed by atoms with Crippen LogP contribution in [0.1, 0.15) is 40.2 Å². The lowest BCUT2D eigenvalue weighted by Crippen LogP contribution is -2.19. The van der Waals surface area contributed by atoms with Gasteiger partial charge in [0.05, 0.1) is 0 Å². The molecule has 2 aromatic carbocycles. The second kappa shape index (κ2) is 8.36. The molecule has 0 aliphatic heterocycles. The molecule has 0 unspecified atom stereocenters. The van der Waals surface area contributed by atoms with Crippen LogP contribution in [0.3, 0.4) is 0 Å². The van der Waals surface area contributed by atoms with Crippen LogP contribution in [0.25, 0.3) is 0 Å². The molecule has 0 saturated carbocycles. The van der Waals surface area contributed by atoms with Gasteiger partial charge in [0.1, 0.15) is 16.4 Å². The molecule has 0 bridgehead atoms. The predicted octanol–water partition coefficient (Wildman–Crippen LogP) is 5.31. The Morgan fingerprint density at radius 3 is 1.79 bits per heavy atom. The minimum Gasteiger partial charge on any atom is -0.506 e. The number of phenols is 1. The Kier molecular flexibility index (Phi) is 7.08. The van der Waals surface area contributed by atoms with Gasteiger partial charge in [-0.25, -0.2) is 8.78 Å². The van der Waals surface area contributed by atoms with Crippen molar-refractivity contribution in [2.45, 2.75) is 44.9 Å². The Bertz CT molecular complexity index is 953. The van der Waals surface area contributed by atoms with Crippen LogP contribution in [0, 0.1) is 23.3 Å². The molecule has 0 fully saturated rings. The molecule has 0 amide bonds. The molecule has 28 heavy (non-hydrogen) atoms. The summed E-state index contributed by atoms with van der Waals surface area (Å²) in [7, 11) is -4.88. The van der Waals surface area contributed by atoms with Crippen LogP contribution in [0.15, 0.2) is 23.1 Å². The van der Waals surface area contributed by atoms with E-state index in [1.807, 2.05) is 13.8 Å². The Balaban J connectivity index is 0.00000190. The third-order valence-electron chi connectivity index (χ3n) is 3.40. The largest absolute Gasteiger partial charge is 0.506 e. The maximum Gasteiger partial charge on any atom is 0.298 e. The average molecular weight is 424 g/mol. The smallest absolute Gasteiger partial charge is 0.298 e. The molecule has 2 rings (SSSR count). The fourth-order valence-electron chi connectivity index (χ4n) is 2.24. The van der Waals surface area contributed by atoms with Gasteiger partial charge in [-0.3, -0.25) is 4.55 Å². The third-order valence-corrected chi connectivity index (χ3v) is 4.28. The van der Waals surface area contributed by atoms with Gasteiger partial charge in [0, 0.05) is 11.6 Å². The summed E-state index contributed by atoms with van der Waals surface area (Å²) in [4.78, 5) is -1.01. The number of aromatic hydroxyl groups is 1. The number of ether oxygens (including phenoxy) is 1. The second-order valence-corrected chi connectivity index (χ2v) is 7.81. The van der Waals surface area contributed by atoms with Crippen LogP contribution < -0.4 is 4.74 Å². The summed E-state index contributed by atoms with van der Waals surface area (Å²) < 4.78 is 92.8. The first-order valence-electron chi connectivity index (χ1n) is 8.10. The highest BCUT2D eigenvalue weighted by molar-refractivity contribution is 7.86. The van der Waals surface area contributed by atoms with Crippen molar-refractivity contribution in [1.82, 2.24) is 0 Å². The van der Waals surface area contributed by atoms with E-state index < -0.39 is 66.5 Å². The molecule has 2 aromatic rings. The van der Waals surface area contributed by atoms with E-state index in [9.17, 15) is 31.1 Å². The first-order valence-corrected chi connectivity index (χ1v) is 9.54. The first kappa shape index (κ1) is 23.7. The average Bonchev–Trinajstić information content (AvgIpc) is 2.58. The van der Waals surface area contributed by atoms with E-state index in [1.54, 1.807) is 0 Å². The molecule has 0 spiro atoms. The van der Waals surface area contributed by atoms with Crippen LogP contribution >= 0.6 is 0 Å². The van der Waals surface area contributed by atoms with Crippen LogP contribution in [0.2, 0.25) is 0 Å². The van der Waals surface area contributed by atoms with E-state index in [1.165, 1.54) is 20.8 Å². The number of hydrogen-bond donors (Lipinski definition) is 2. The van der Waals surface area contributed by atoms with Gasteiger partial charge in [-0.05, 0) is 17.5 Å². The van der Waals surface area contributed by atoms with Crippen molar-refractivity contribution in [3.8, 4) is 17.2 Å². The van der Waals surface area contributed by atoms with Gasteiger partial charge in [-0.15, -0.1) is 0 Å². The number of halogens is 4. The van der Waals surface area contributed by atoms with Gasteiger partial charge < -0.3 is 9.84 Å². The van der Waals surface area contributed by atoms with Crippen molar-refractivity contribution in [2.75, 3.05) is 0 Å². The summed E-state index contributed by atoms with van der Waals surface area (Å²) in [6, 6.07) is 2.18. The number of benzene rings is 2. The zero-order valence-electron chi connectivity index (χ0n) is 15.8. The van der Waals surface area contributed by atoms with Gasteiger partial charge in [0.25, 0.3) is 10.1 Å². The maximum atomic E-state index is 14.2. The van der Waals surface area contributed by atoms with Crippen molar-refractivity contribution in [1.29, 1.82) is 0 Å². The Morgan fingerprint density at radius 1 is 0.929 bits per heavy atom. The fourth-order valence-corrected chi connectivity index (χ4v) is 2.84. The standard InChI is InChI=1S/C16H14F4O5S.C2H6/c1-16(2,3)10-11(17)13(19)15(14(20)12(10)18)25-7-4-5-8(21)9(6-7)26(22,23)24;1-2/h4-6,21H,1-3H3,(H,22,23,24);1-2H3. The summed E-state index contributed by atoms with van der Waals surface area (Å²) in [5.74, 6) is -9.80. The molecule has 0 aromatic heterocycles. The second-order valence-electron chi connectivity index (χ2n) is 6.42. The number of hydrogen-bond acceptors (Lipinski definition) is 4. The van der Waals surface area contributed by atoms with Crippen LogP contribution in [-0.2, 0) is 15.5 Å². The van der Waals surface area contributed by atoms with Crippen LogP contribution in [0.5, 0.6) is 17.2 Å². The summed E-state index contributed by atoms with van der Waals surface area (Å²) in [6.45, 7) is 8.06. The summed E-state index contributed by atoms with van der Waals surface area (Å²) in [5, 5.41) is 9.40. The van der Waals surface area contributed by atoms with E-state index in [4.69, 9.17) is 9.29 Å². The van der Waals surface area contributed by atoms with E-state index in [0.717, 1.165) is 12.1 Å². The summed E-state index contributed by atoms with van der Waals surface area (Å²) >= 11 is 0. The quantitative estimate of drug-likeness (QED) is 0.396. The van der Waals surface area contributed by atoms with E-state index in [2.05, 4.69) is 0 Å². The molecular weight excluding hydrogens is 404 g/mol. The molecule has 0 aliphatic carbocycles. The molecule has 2 N–H and O–H groups in total. The minimum atomic E-state index is -4.88. The predicted molar refractivity (Wildman–Crippen MR) is 94.3 cm³/mol. The Morgan fingerprint density at radius 2 is 1.39 bits per heavy atom. The topological polar surface area (TPSA) is 83.8 Å². The SMILES string of the molecule is CC.CC(C)(C)c1c(F)c(F)c(Oc2ccc(O)c(S(=O)(=O)O)c2)c(F)c1F. The summed E-state index contributed by atoms with van der Waals surface area (Å²) in [6.07, 6.45) is 0. The zero-order chi connectivity index (χ0) is 22.0. The molecule has 10 heteroatoms. The molecule has 156 valence electrons. The van der Waals surface area contributed by atoms with E-state index in [-0.39, 0.29) is 0 Å². The summed E-state index contributed by atoms with van der Waals surface area (Å²) in [5.41, 5.74) is -2.06. The van der Waals surface area contributed by atoms with E-state index >= 15 is 0 Å². The maximum absolute atomic E-state index is 14.2. The normalized spacial score (nSPS) is 11.6. The van der Waals surface area contributed by atoms with Gasteiger partial charge in [-0.1, -0.05) is 34.6 Å².